The minimum Gasteiger partial charge on any atom is -0.312 e. The maximum Gasteiger partial charge on any atom is 0.365 e. The van der Waals surface area contributed by atoms with E-state index in [1.807, 2.05) is 26.0 Å². The molecule has 0 atom stereocenters. The van der Waals surface area contributed by atoms with Crippen molar-refractivity contribution in [3.8, 4) is 0 Å². The smallest absolute Gasteiger partial charge is 0.312 e. The highest BCUT2D eigenvalue weighted by atomic mass is 16.7. The van der Waals surface area contributed by atoms with Gasteiger partial charge in [0.05, 0.1) is 11.1 Å². The fourth-order valence-electron chi connectivity index (χ4n) is 2.91. The first-order chi connectivity index (χ1) is 13.5. The van der Waals surface area contributed by atoms with Gasteiger partial charge < -0.3 is 9.68 Å². The molecule has 1 aliphatic carbocycles. The van der Waals surface area contributed by atoms with Crippen molar-refractivity contribution in [2.45, 2.75) is 39.5 Å². The number of rotatable bonds is 4. The molecule has 0 radical (unpaired) electrons. The van der Waals surface area contributed by atoms with Crippen LogP contribution in [0.15, 0.2) is 58.8 Å². The van der Waals surface area contributed by atoms with Crippen LogP contribution < -0.4 is 0 Å². The van der Waals surface area contributed by atoms with Crippen LogP contribution >= 0.6 is 0 Å². The molecule has 2 aromatic rings. The van der Waals surface area contributed by atoms with Gasteiger partial charge in [0.2, 0.25) is 0 Å². The Morgan fingerprint density at radius 3 is 1.57 bits per heavy atom. The third-order valence-electron chi connectivity index (χ3n) is 4.40. The van der Waals surface area contributed by atoms with Crippen LogP contribution in [0.1, 0.15) is 57.5 Å². The lowest BCUT2D eigenvalue weighted by molar-refractivity contribution is 0.0500. The van der Waals surface area contributed by atoms with E-state index in [1.54, 1.807) is 36.4 Å². The van der Waals surface area contributed by atoms with Crippen molar-refractivity contribution >= 4 is 23.4 Å². The van der Waals surface area contributed by atoms with E-state index in [0.717, 1.165) is 24.0 Å². The predicted molar refractivity (Wildman–Crippen MR) is 107 cm³/mol. The summed E-state index contributed by atoms with van der Waals surface area (Å²) in [7, 11) is 0. The number of nitrogens with zero attached hydrogens (tertiary/aromatic N) is 2. The number of hydrogen-bond donors (Lipinski definition) is 0. The second-order valence-electron chi connectivity index (χ2n) is 6.78. The van der Waals surface area contributed by atoms with E-state index in [9.17, 15) is 9.59 Å². The molecule has 3 rings (SSSR count). The van der Waals surface area contributed by atoms with Crippen molar-refractivity contribution in [2.24, 2.45) is 10.3 Å². The van der Waals surface area contributed by atoms with Gasteiger partial charge in [-0.3, -0.25) is 0 Å². The predicted octanol–water partition coefficient (Wildman–Crippen LogP) is 4.60. The maximum atomic E-state index is 12.2. The van der Waals surface area contributed by atoms with Crippen molar-refractivity contribution in [1.82, 2.24) is 0 Å². The van der Waals surface area contributed by atoms with E-state index in [4.69, 9.17) is 9.68 Å². The number of carbonyl (C=O) groups excluding carboxylic acids is 2. The second-order valence-corrected chi connectivity index (χ2v) is 6.78. The van der Waals surface area contributed by atoms with E-state index >= 15 is 0 Å². The first-order valence-corrected chi connectivity index (χ1v) is 9.23. The minimum absolute atomic E-state index is 0.435. The molecular formula is C22H22N2O4. The van der Waals surface area contributed by atoms with Crippen LogP contribution in [0.25, 0.3) is 0 Å². The molecule has 6 heteroatoms. The Morgan fingerprint density at radius 2 is 1.18 bits per heavy atom. The van der Waals surface area contributed by atoms with E-state index < -0.39 is 11.9 Å². The van der Waals surface area contributed by atoms with Crippen LogP contribution in [0.5, 0.6) is 0 Å². The van der Waals surface area contributed by atoms with E-state index in [0.29, 0.717) is 35.4 Å². The summed E-state index contributed by atoms with van der Waals surface area (Å²) in [5.41, 5.74) is 3.86. The van der Waals surface area contributed by atoms with Gasteiger partial charge in [-0.2, -0.15) is 0 Å². The maximum absolute atomic E-state index is 12.2. The minimum atomic E-state index is -0.530. The lowest BCUT2D eigenvalue weighted by Crippen LogP contribution is -2.21. The zero-order chi connectivity index (χ0) is 19.9. The summed E-state index contributed by atoms with van der Waals surface area (Å²) in [5.74, 6) is -1.06. The molecule has 1 saturated carbocycles. The van der Waals surface area contributed by atoms with Gasteiger partial charge in [0.1, 0.15) is 11.4 Å². The van der Waals surface area contributed by atoms with Crippen molar-refractivity contribution in [1.29, 1.82) is 0 Å². The fraction of sp³-hybridized carbons (Fsp3) is 0.273. The SMILES string of the molecule is Cc1cccc(C(=O)ON=C2CCCCC2=NOC(=O)c2cccc(C)c2)c1. The summed E-state index contributed by atoms with van der Waals surface area (Å²) >= 11 is 0. The normalized spacial score (nSPS) is 16.8. The highest BCUT2D eigenvalue weighted by molar-refractivity contribution is 6.42. The largest absolute Gasteiger partial charge is 0.365 e. The summed E-state index contributed by atoms with van der Waals surface area (Å²) in [6.45, 7) is 3.80. The van der Waals surface area contributed by atoms with E-state index in [-0.39, 0.29) is 0 Å². The molecule has 144 valence electrons. The molecule has 1 fully saturated rings. The lowest BCUT2D eigenvalue weighted by Gasteiger charge is -2.14. The Bertz CT molecular complexity index is 870. The first-order valence-electron chi connectivity index (χ1n) is 9.23. The Hall–Kier alpha value is -3.28. The van der Waals surface area contributed by atoms with Gasteiger partial charge in [-0.15, -0.1) is 0 Å². The fourth-order valence-corrected chi connectivity index (χ4v) is 2.91. The molecule has 0 unspecified atom stereocenters. The Morgan fingerprint density at radius 1 is 0.750 bits per heavy atom. The molecule has 0 aromatic heterocycles. The lowest BCUT2D eigenvalue weighted by atomic mass is 9.97. The molecule has 28 heavy (non-hydrogen) atoms. The molecule has 0 aliphatic heterocycles. The second kappa shape index (κ2) is 9.08. The summed E-state index contributed by atoms with van der Waals surface area (Å²) in [5, 5.41) is 7.96. The zero-order valence-corrected chi connectivity index (χ0v) is 16.0. The zero-order valence-electron chi connectivity index (χ0n) is 16.0. The van der Waals surface area contributed by atoms with Crippen molar-refractivity contribution in [2.75, 3.05) is 0 Å². The quantitative estimate of drug-likeness (QED) is 0.575. The van der Waals surface area contributed by atoms with Crippen LogP contribution in [0.2, 0.25) is 0 Å². The number of aryl methyl sites for hydroxylation is 2. The molecule has 6 nitrogen and oxygen atoms in total. The average Bonchev–Trinajstić information content (AvgIpc) is 2.70. The van der Waals surface area contributed by atoms with Gasteiger partial charge in [-0.1, -0.05) is 45.7 Å². The molecular weight excluding hydrogens is 356 g/mol. The summed E-state index contributed by atoms with van der Waals surface area (Å²) in [4.78, 5) is 34.5. The number of oxime groups is 2. The molecule has 0 amide bonds. The van der Waals surface area contributed by atoms with Crippen LogP contribution in [-0.2, 0) is 9.68 Å². The molecule has 0 bridgehead atoms. The van der Waals surface area contributed by atoms with Crippen molar-refractivity contribution in [3.05, 3.63) is 70.8 Å². The third kappa shape index (κ3) is 5.13. The average molecular weight is 378 g/mol. The molecule has 0 spiro atoms. The first kappa shape index (κ1) is 19.5. The Kier molecular flexibility index (Phi) is 6.32. The van der Waals surface area contributed by atoms with Crippen LogP contribution in [0.3, 0.4) is 0 Å². The Balaban J connectivity index is 1.69. The number of hydrogen-bond acceptors (Lipinski definition) is 6. The van der Waals surface area contributed by atoms with Crippen LogP contribution in [0, 0.1) is 13.8 Å². The van der Waals surface area contributed by atoms with Gasteiger partial charge in [0, 0.05) is 0 Å². The summed E-state index contributed by atoms with van der Waals surface area (Å²) in [6.07, 6.45) is 3.04. The van der Waals surface area contributed by atoms with Crippen LogP contribution in [-0.4, -0.2) is 23.4 Å². The van der Waals surface area contributed by atoms with E-state index in [1.165, 1.54) is 0 Å². The molecule has 1 aliphatic rings. The summed E-state index contributed by atoms with van der Waals surface area (Å²) in [6, 6.07) is 14.2. The topological polar surface area (TPSA) is 77.3 Å². The van der Waals surface area contributed by atoms with Gasteiger partial charge in [0.15, 0.2) is 0 Å². The highest BCUT2D eigenvalue weighted by Gasteiger charge is 2.19. The number of carbonyl (C=O) groups is 2. The monoisotopic (exact) mass is 378 g/mol. The van der Waals surface area contributed by atoms with Gasteiger partial charge in [-0.25, -0.2) is 9.59 Å². The van der Waals surface area contributed by atoms with Gasteiger partial charge >= 0.3 is 11.9 Å². The van der Waals surface area contributed by atoms with Crippen LogP contribution in [0.4, 0.5) is 0 Å². The Labute approximate surface area is 163 Å². The molecule has 0 N–H and O–H groups in total. The van der Waals surface area contributed by atoms with Gasteiger partial charge in [0.25, 0.3) is 0 Å². The third-order valence-corrected chi connectivity index (χ3v) is 4.40. The number of benzene rings is 2. The van der Waals surface area contributed by atoms with Crippen molar-refractivity contribution in [3.63, 3.8) is 0 Å². The standard InChI is InChI=1S/C22H22N2O4/c1-15-7-5-9-17(13-15)21(25)27-23-19-11-3-4-12-20(19)24-28-22(26)18-10-6-8-16(2)14-18/h5-10,13-14H,3-4,11-12H2,1-2H3. The van der Waals surface area contributed by atoms with E-state index in [2.05, 4.69) is 10.3 Å². The summed E-state index contributed by atoms with van der Waals surface area (Å²) < 4.78 is 0. The molecule has 0 heterocycles. The van der Waals surface area contributed by atoms with Crippen molar-refractivity contribution < 1.29 is 19.3 Å². The highest BCUT2D eigenvalue weighted by Crippen LogP contribution is 2.16. The van der Waals surface area contributed by atoms with Gasteiger partial charge in [-0.05, 0) is 63.8 Å². The molecule has 2 aromatic carbocycles. The molecule has 0 saturated heterocycles.